The largest absolute Gasteiger partial charge is 0.489 e. The molecule has 5 rings (SSSR count). The van der Waals surface area contributed by atoms with E-state index in [-0.39, 0.29) is 18.3 Å². The molecule has 2 aromatic carbocycles. The molecule has 0 saturated carbocycles. The Labute approximate surface area is 154 Å². The van der Waals surface area contributed by atoms with E-state index < -0.39 is 0 Å². The van der Waals surface area contributed by atoms with Crippen molar-refractivity contribution in [3.63, 3.8) is 0 Å². The lowest BCUT2D eigenvalue weighted by molar-refractivity contribution is -0.125. The van der Waals surface area contributed by atoms with Crippen molar-refractivity contribution in [2.75, 3.05) is 13.1 Å². The van der Waals surface area contributed by atoms with E-state index in [4.69, 9.17) is 4.74 Å². The van der Waals surface area contributed by atoms with Crippen LogP contribution in [-0.2, 0) is 11.4 Å². The quantitative estimate of drug-likeness (QED) is 0.765. The number of ketones is 1. The topological polar surface area (TPSA) is 29.5 Å². The number of halogens is 1. The Balaban J connectivity index is 0.00000182. The zero-order valence-corrected chi connectivity index (χ0v) is 14.9. The standard InChI is InChI=1S/C21H21NO2.ClH/c23-21-18-10-12-22(13-11-18)20(21)14-16-6-8-19(9-7-16)24-15-17-4-2-1-3-5-17;/h1-9,14,18H,10-13,15H2;1H/b20-14+;. The lowest BCUT2D eigenvalue weighted by Gasteiger charge is -2.41. The van der Waals surface area contributed by atoms with Crippen molar-refractivity contribution in [2.24, 2.45) is 5.92 Å². The van der Waals surface area contributed by atoms with Crippen LogP contribution in [0.15, 0.2) is 60.3 Å². The van der Waals surface area contributed by atoms with Crippen LogP contribution in [0.1, 0.15) is 24.0 Å². The van der Waals surface area contributed by atoms with E-state index in [1.54, 1.807) is 0 Å². The third-order valence-corrected chi connectivity index (χ3v) is 4.89. The normalized spacial score (nSPS) is 18.3. The summed E-state index contributed by atoms with van der Waals surface area (Å²) in [4.78, 5) is 14.6. The van der Waals surface area contributed by atoms with Crippen LogP contribution in [0.25, 0.3) is 6.08 Å². The van der Waals surface area contributed by atoms with Gasteiger partial charge in [0, 0.05) is 19.0 Å². The highest BCUT2D eigenvalue weighted by atomic mass is 35.5. The molecule has 0 atom stereocenters. The van der Waals surface area contributed by atoms with E-state index in [0.29, 0.717) is 12.4 Å². The average Bonchev–Trinajstić information content (AvgIpc) is 2.65. The second kappa shape index (κ2) is 7.75. The first-order valence-electron chi connectivity index (χ1n) is 8.57. The molecule has 0 radical (unpaired) electrons. The number of fused-ring (bicyclic) bond motifs is 3. The molecule has 0 spiro atoms. The molecule has 3 aliphatic heterocycles. The van der Waals surface area contributed by atoms with Crippen LogP contribution in [0.2, 0.25) is 0 Å². The Morgan fingerprint density at radius 1 is 1.00 bits per heavy atom. The van der Waals surface area contributed by atoms with E-state index in [1.807, 2.05) is 48.5 Å². The van der Waals surface area contributed by atoms with Gasteiger partial charge in [0.05, 0.1) is 5.70 Å². The first kappa shape index (κ1) is 17.6. The highest BCUT2D eigenvalue weighted by Crippen LogP contribution is 2.32. The fourth-order valence-corrected chi connectivity index (χ4v) is 3.47. The molecule has 130 valence electrons. The van der Waals surface area contributed by atoms with E-state index in [1.165, 1.54) is 0 Å². The highest BCUT2D eigenvalue weighted by molar-refractivity contribution is 6.01. The molecule has 2 bridgehead atoms. The van der Waals surface area contributed by atoms with Gasteiger partial charge in [-0.05, 0) is 42.2 Å². The van der Waals surface area contributed by atoms with Gasteiger partial charge < -0.3 is 9.64 Å². The van der Waals surface area contributed by atoms with Crippen molar-refractivity contribution in [1.29, 1.82) is 0 Å². The second-order valence-electron chi connectivity index (χ2n) is 6.50. The predicted molar refractivity (Wildman–Crippen MR) is 102 cm³/mol. The molecule has 0 aromatic heterocycles. The predicted octanol–water partition coefficient (Wildman–Crippen LogP) is 4.32. The van der Waals surface area contributed by atoms with Crippen molar-refractivity contribution in [3.8, 4) is 5.75 Å². The van der Waals surface area contributed by atoms with E-state index in [2.05, 4.69) is 17.0 Å². The molecule has 3 saturated heterocycles. The molecule has 0 amide bonds. The number of rotatable bonds is 4. The highest BCUT2D eigenvalue weighted by Gasteiger charge is 2.36. The van der Waals surface area contributed by atoms with Crippen LogP contribution < -0.4 is 4.74 Å². The van der Waals surface area contributed by atoms with Gasteiger partial charge in [-0.15, -0.1) is 12.4 Å². The maximum absolute atomic E-state index is 12.4. The molecular formula is C21H22ClNO2. The molecule has 3 aliphatic rings. The summed E-state index contributed by atoms with van der Waals surface area (Å²) in [5.41, 5.74) is 3.09. The zero-order chi connectivity index (χ0) is 16.4. The van der Waals surface area contributed by atoms with Gasteiger partial charge in [-0.3, -0.25) is 4.79 Å². The Bertz CT molecular complexity index is 747. The van der Waals surface area contributed by atoms with Crippen molar-refractivity contribution in [1.82, 2.24) is 4.90 Å². The number of piperidine rings is 3. The maximum atomic E-state index is 12.4. The molecule has 0 unspecified atom stereocenters. The molecule has 3 heterocycles. The molecular weight excluding hydrogens is 334 g/mol. The van der Waals surface area contributed by atoms with Crippen LogP contribution in [0, 0.1) is 5.92 Å². The average molecular weight is 356 g/mol. The van der Waals surface area contributed by atoms with Gasteiger partial charge in [0.2, 0.25) is 0 Å². The van der Waals surface area contributed by atoms with Crippen LogP contribution in [0.3, 0.4) is 0 Å². The molecule has 0 N–H and O–H groups in total. The molecule has 0 aliphatic carbocycles. The second-order valence-corrected chi connectivity index (χ2v) is 6.50. The fourth-order valence-electron chi connectivity index (χ4n) is 3.47. The SMILES string of the molecule is Cl.O=C1/C(=C\c2ccc(OCc3ccccc3)cc2)N2CCC1CC2. The number of ether oxygens (including phenoxy) is 1. The summed E-state index contributed by atoms with van der Waals surface area (Å²) >= 11 is 0. The Morgan fingerprint density at radius 2 is 1.68 bits per heavy atom. The summed E-state index contributed by atoms with van der Waals surface area (Å²) in [6.45, 7) is 2.59. The monoisotopic (exact) mass is 355 g/mol. The van der Waals surface area contributed by atoms with E-state index >= 15 is 0 Å². The lowest BCUT2D eigenvalue weighted by atomic mass is 9.84. The minimum Gasteiger partial charge on any atom is -0.489 e. The summed E-state index contributed by atoms with van der Waals surface area (Å²) in [7, 11) is 0. The van der Waals surface area contributed by atoms with Crippen molar-refractivity contribution >= 4 is 24.3 Å². The zero-order valence-electron chi connectivity index (χ0n) is 14.1. The number of allylic oxidation sites excluding steroid dienone is 1. The Morgan fingerprint density at radius 3 is 2.32 bits per heavy atom. The number of carbonyl (C=O) groups is 1. The van der Waals surface area contributed by atoms with E-state index in [9.17, 15) is 4.79 Å². The third-order valence-electron chi connectivity index (χ3n) is 4.89. The van der Waals surface area contributed by atoms with Gasteiger partial charge in [-0.1, -0.05) is 42.5 Å². The van der Waals surface area contributed by atoms with Gasteiger partial charge in [-0.2, -0.15) is 0 Å². The smallest absolute Gasteiger partial charge is 0.182 e. The van der Waals surface area contributed by atoms with Gasteiger partial charge in [0.25, 0.3) is 0 Å². The molecule has 2 aromatic rings. The van der Waals surface area contributed by atoms with Crippen LogP contribution in [0.5, 0.6) is 5.75 Å². The maximum Gasteiger partial charge on any atom is 0.182 e. The number of hydrogen-bond donors (Lipinski definition) is 0. The fraction of sp³-hybridized carbons (Fsp3) is 0.286. The number of nitrogens with zero attached hydrogens (tertiary/aromatic N) is 1. The van der Waals surface area contributed by atoms with E-state index in [0.717, 1.165) is 48.5 Å². The van der Waals surface area contributed by atoms with Gasteiger partial charge >= 0.3 is 0 Å². The number of carbonyl (C=O) groups excluding carboxylic acids is 1. The summed E-state index contributed by atoms with van der Waals surface area (Å²) in [6.07, 6.45) is 4.06. The third kappa shape index (κ3) is 3.88. The summed E-state index contributed by atoms with van der Waals surface area (Å²) in [5.74, 6) is 1.41. The number of benzene rings is 2. The molecule has 25 heavy (non-hydrogen) atoms. The van der Waals surface area contributed by atoms with Gasteiger partial charge in [0.15, 0.2) is 5.78 Å². The van der Waals surface area contributed by atoms with Crippen LogP contribution in [-0.4, -0.2) is 23.8 Å². The van der Waals surface area contributed by atoms with Gasteiger partial charge in [-0.25, -0.2) is 0 Å². The lowest BCUT2D eigenvalue weighted by Crippen LogP contribution is -2.45. The minimum absolute atomic E-state index is 0. The molecule has 4 heteroatoms. The summed E-state index contributed by atoms with van der Waals surface area (Å²) in [6, 6.07) is 18.1. The number of Topliss-reactive ketones (excluding diaryl/α,β-unsaturated/α-hetero) is 1. The molecule has 3 fully saturated rings. The van der Waals surface area contributed by atoms with Crippen molar-refractivity contribution in [3.05, 3.63) is 71.4 Å². The van der Waals surface area contributed by atoms with Crippen molar-refractivity contribution in [2.45, 2.75) is 19.4 Å². The van der Waals surface area contributed by atoms with Gasteiger partial charge in [0.1, 0.15) is 12.4 Å². The van der Waals surface area contributed by atoms with Crippen molar-refractivity contribution < 1.29 is 9.53 Å². The Kier molecular flexibility index (Phi) is 5.44. The molecule has 3 nitrogen and oxygen atoms in total. The minimum atomic E-state index is 0. The van der Waals surface area contributed by atoms with Crippen LogP contribution in [0.4, 0.5) is 0 Å². The van der Waals surface area contributed by atoms with Crippen LogP contribution >= 0.6 is 12.4 Å². The summed E-state index contributed by atoms with van der Waals surface area (Å²) < 4.78 is 5.81. The number of hydrogen-bond acceptors (Lipinski definition) is 3. The summed E-state index contributed by atoms with van der Waals surface area (Å²) in [5, 5.41) is 0. The first-order chi connectivity index (χ1) is 11.8. The Hall–Kier alpha value is -2.26. The first-order valence-corrected chi connectivity index (χ1v) is 8.57.